The number of nitrogens with zero attached hydrogens (tertiary/aromatic N) is 14. The summed E-state index contributed by atoms with van der Waals surface area (Å²) in [6, 6.07) is 0. The molecule has 366 valence electrons. The first kappa shape index (κ1) is 52.9. The van der Waals surface area contributed by atoms with Crippen LogP contribution < -0.4 is 53.2 Å². The van der Waals surface area contributed by atoms with Crippen molar-refractivity contribution >= 4 is 47.6 Å². The van der Waals surface area contributed by atoms with Crippen LogP contribution in [0.25, 0.3) is 0 Å². The molecular weight excluding hydrogens is 841 g/mol. The zero-order chi connectivity index (χ0) is 47.2. The Hall–Kier alpha value is -5.72. The standard InChI is InChI=1S/C42H78N24/c1-43-35-53-31(54-36(44-2)61-35)27-65(28-32-55-37(45-3)62-38(46-4)56-32)25-19-23-51-21-17-15-13-11-9-10-12-14-16-18-22-52-24-20-26-66(29-33-57-39(47-5)63-40(48-6)58-33)30-34-59-41(49-7)64-42(50-8)60-34/h51-52H,9-30H2,1-8H3,(H2,43,44,53,54,61)(H2,45,46,55,56,62)(H2,47,48,57,58,63)(H2,49,50,59,60,64). The topological polar surface area (TPSA) is 281 Å². The van der Waals surface area contributed by atoms with Gasteiger partial charge in [-0.3, -0.25) is 9.80 Å². The van der Waals surface area contributed by atoms with Gasteiger partial charge in [-0.25, -0.2) is 0 Å². The molecule has 24 nitrogen and oxygen atoms in total. The summed E-state index contributed by atoms with van der Waals surface area (Å²) in [7, 11) is 14.4. The molecule has 4 rings (SSSR count). The van der Waals surface area contributed by atoms with Gasteiger partial charge in [0.2, 0.25) is 47.6 Å². The van der Waals surface area contributed by atoms with E-state index in [0.717, 1.165) is 52.1 Å². The second-order valence-electron chi connectivity index (χ2n) is 15.8. The van der Waals surface area contributed by atoms with Crippen LogP contribution in [0.3, 0.4) is 0 Å². The SMILES string of the molecule is CNc1nc(CN(CCCNCCCCCCCCCCCCNCCCN(Cc2nc(NC)nc(NC)n2)Cc2nc(NC)nc(NC)n2)Cc2nc(NC)nc(NC)n2)nc(NC)n1. The number of aromatic nitrogens is 12. The van der Waals surface area contributed by atoms with E-state index < -0.39 is 0 Å². The van der Waals surface area contributed by atoms with E-state index in [1.807, 2.05) is 0 Å². The molecule has 0 radical (unpaired) electrons. The third kappa shape index (κ3) is 20.2. The molecule has 4 aromatic heterocycles. The number of hydrogen-bond acceptors (Lipinski definition) is 24. The van der Waals surface area contributed by atoms with E-state index in [1.165, 1.54) is 64.2 Å². The van der Waals surface area contributed by atoms with Gasteiger partial charge in [0.15, 0.2) is 0 Å². The summed E-state index contributed by atoms with van der Waals surface area (Å²) in [6.07, 6.45) is 14.8. The highest BCUT2D eigenvalue weighted by molar-refractivity contribution is 5.36. The first-order chi connectivity index (χ1) is 32.3. The van der Waals surface area contributed by atoms with E-state index in [2.05, 4.69) is 123 Å². The highest BCUT2D eigenvalue weighted by Crippen LogP contribution is 2.15. The molecular formula is C42H78N24. The lowest BCUT2D eigenvalue weighted by molar-refractivity contribution is 0.240. The normalized spacial score (nSPS) is 11.2. The van der Waals surface area contributed by atoms with Gasteiger partial charge in [0.05, 0.1) is 26.2 Å². The molecule has 0 bridgehead atoms. The largest absolute Gasteiger partial charge is 0.357 e. The van der Waals surface area contributed by atoms with Crippen LogP contribution in [0.1, 0.15) is 100 Å². The Morgan fingerprint density at radius 1 is 0.258 bits per heavy atom. The summed E-state index contributed by atoms with van der Waals surface area (Å²) in [5.41, 5.74) is 0. The quantitative estimate of drug-likeness (QED) is 0.0291. The van der Waals surface area contributed by atoms with Crippen molar-refractivity contribution < 1.29 is 0 Å². The molecule has 0 atom stereocenters. The summed E-state index contributed by atoms with van der Waals surface area (Å²) in [6.45, 7) is 7.72. The van der Waals surface area contributed by atoms with Crippen molar-refractivity contribution in [1.82, 2.24) is 80.2 Å². The van der Waals surface area contributed by atoms with Gasteiger partial charge in [-0.15, -0.1) is 0 Å². The van der Waals surface area contributed by atoms with Crippen LogP contribution in [0.2, 0.25) is 0 Å². The number of unbranched alkanes of at least 4 members (excludes halogenated alkanes) is 9. The van der Waals surface area contributed by atoms with Gasteiger partial charge in [0.25, 0.3) is 0 Å². The van der Waals surface area contributed by atoms with Crippen molar-refractivity contribution in [3.8, 4) is 0 Å². The van der Waals surface area contributed by atoms with E-state index in [-0.39, 0.29) is 0 Å². The molecule has 0 aliphatic rings. The van der Waals surface area contributed by atoms with Gasteiger partial charge in [-0.05, 0) is 51.9 Å². The van der Waals surface area contributed by atoms with Crippen molar-refractivity contribution in [2.45, 2.75) is 103 Å². The summed E-state index contributed by atoms with van der Waals surface area (Å²) in [5, 5.41) is 31.5. The fourth-order valence-electron chi connectivity index (χ4n) is 7.10. The molecule has 0 spiro atoms. The minimum atomic E-state index is 0.526. The lowest BCUT2D eigenvalue weighted by Gasteiger charge is -2.21. The third-order valence-corrected chi connectivity index (χ3v) is 10.6. The Morgan fingerprint density at radius 3 is 0.667 bits per heavy atom. The number of hydrogen-bond donors (Lipinski definition) is 10. The molecule has 0 aliphatic heterocycles. The summed E-state index contributed by atoms with van der Waals surface area (Å²) < 4.78 is 0. The van der Waals surface area contributed by atoms with Gasteiger partial charge in [0, 0.05) is 69.5 Å². The molecule has 24 heteroatoms. The molecule has 10 N–H and O–H groups in total. The van der Waals surface area contributed by atoms with Crippen LogP contribution in [0.5, 0.6) is 0 Å². The van der Waals surface area contributed by atoms with Gasteiger partial charge < -0.3 is 53.2 Å². The van der Waals surface area contributed by atoms with Crippen LogP contribution in [-0.2, 0) is 26.2 Å². The molecule has 0 unspecified atom stereocenters. The van der Waals surface area contributed by atoms with Crippen LogP contribution in [0.15, 0.2) is 0 Å². The molecule has 0 amide bonds. The fourth-order valence-corrected chi connectivity index (χ4v) is 7.10. The minimum absolute atomic E-state index is 0.526. The molecule has 0 aromatic carbocycles. The second kappa shape index (κ2) is 31.2. The summed E-state index contributed by atoms with van der Waals surface area (Å²) >= 11 is 0. The number of rotatable bonds is 37. The Kier molecular flexibility index (Phi) is 25.0. The van der Waals surface area contributed by atoms with Crippen LogP contribution in [0, 0.1) is 0 Å². The maximum absolute atomic E-state index is 4.59. The van der Waals surface area contributed by atoms with Crippen molar-refractivity contribution in [2.24, 2.45) is 0 Å². The fraction of sp³-hybridized carbons (Fsp3) is 0.714. The maximum atomic E-state index is 4.59. The highest BCUT2D eigenvalue weighted by atomic mass is 15.3. The van der Waals surface area contributed by atoms with Gasteiger partial charge in [-0.2, -0.15) is 59.8 Å². The summed E-state index contributed by atoms with van der Waals surface area (Å²) in [4.78, 5) is 58.7. The van der Waals surface area contributed by atoms with Crippen molar-refractivity contribution in [3.63, 3.8) is 0 Å². The Bertz CT molecular complexity index is 1590. The van der Waals surface area contributed by atoms with Gasteiger partial charge in [0.1, 0.15) is 23.3 Å². The number of nitrogens with one attached hydrogen (secondary N) is 10. The Balaban J connectivity index is 1.04. The molecule has 0 aliphatic carbocycles. The zero-order valence-electron chi connectivity index (χ0n) is 40.8. The van der Waals surface area contributed by atoms with Gasteiger partial charge in [-0.1, -0.05) is 51.4 Å². The molecule has 0 saturated heterocycles. The average Bonchev–Trinajstić information content (AvgIpc) is 3.34. The van der Waals surface area contributed by atoms with E-state index in [0.29, 0.717) is 97.1 Å². The van der Waals surface area contributed by atoms with E-state index in [9.17, 15) is 0 Å². The lowest BCUT2D eigenvalue weighted by atomic mass is 10.1. The second-order valence-corrected chi connectivity index (χ2v) is 15.8. The van der Waals surface area contributed by atoms with E-state index in [1.54, 1.807) is 56.4 Å². The molecule has 66 heavy (non-hydrogen) atoms. The highest BCUT2D eigenvalue weighted by Gasteiger charge is 2.17. The van der Waals surface area contributed by atoms with Crippen LogP contribution in [-0.4, -0.2) is 165 Å². The first-order valence-electron chi connectivity index (χ1n) is 23.6. The van der Waals surface area contributed by atoms with Crippen molar-refractivity contribution in [3.05, 3.63) is 23.3 Å². The predicted molar refractivity (Wildman–Crippen MR) is 265 cm³/mol. The predicted octanol–water partition coefficient (Wildman–Crippen LogP) is 3.33. The van der Waals surface area contributed by atoms with E-state index >= 15 is 0 Å². The Morgan fingerprint density at radius 2 is 0.455 bits per heavy atom. The van der Waals surface area contributed by atoms with Crippen LogP contribution in [0.4, 0.5) is 47.6 Å². The molecule has 4 heterocycles. The summed E-state index contributed by atoms with van der Waals surface area (Å²) in [5.74, 6) is 6.90. The lowest BCUT2D eigenvalue weighted by Crippen LogP contribution is -2.29. The molecule has 4 aromatic rings. The molecule has 0 fully saturated rings. The number of anilines is 8. The maximum Gasteiger partial charge on any atom is 0.227 e. The monoisotopic (exact) mass is 919 g/mol. The minimum Gasteiger partial charge on any atom is -0.357 e. The third-order valence-electron chi connectivity index (χ3n) is 10.6. The van der Waals surface area contributed by atoms with Crippen molar-refractivity contribution in [2.75, 3.05) is 138 Å². The average molecular weight is 919 g/mol. The van der Waals surface area contributed by atoms with Crippen LogP contribution >= 0.6 is 0 Å². The van der Waals surface area contributed by atoms with Gasteiger partial charge >= 0.3 is 0 Å². The first-order valence-corrected chi connectivity index (χ1v) is 23.6. The zero-order valence-corrected chi connectivity index (χ0v) is 40.8. The smallest absolute Gasteiger partial charge is 0.227 e. The Labute approximate surface area is 391 Å². The van der Waals surface area contributed by atoms with E-state index in [4.69, 9.17) is 0 Å². The van der Waals surface area contributed by atoms with Crippen molar-refractivity contribution in [1.29, 1.82) is 0 Å². The molecule has 0 saturated carbocycles.